The van der Waals surface area contributed by atoms with Crippen LogP contribution < -0.4 is 11.1 Å². The molecule has 5 heteroatoms. The molecule has 114 valence electrons. The maximum atomic E-state index is 13.8. The van der Waals surface area contributed by atoms with Crippen LogP contribution in [0.4, 0.5) is 14.9 Å². The Bertz CT molecular complexity index is 580. The van der Waals surface area contributed by atoms with Gasteiger partial charge in [-0.25, -0.2) is 9.18 Å². The van der Waals surface area contributed by atoms with E-state index >= 15 is 0 Å². The van der Waals surface area contributed by atoms with Crippen LogP contribution in [0.25, 0.3) is 0 Å². The summed E-state index contributed by atoms with van der Waals surface area (Å²) in [5.41, 5.74) is 6.18. The number of rotatable bonds is 2. The number of nitrogens with one attached hydrogen (secondary N) is 1. The molecule has 0 aromatic heterocycles. The molecule has 0 aliphatic rings. The van der Waals surface area contributed by atoms with Gasteiger partial charge in [0.1, 0.15) is 11.4 Å². The minimum absolute atomic E-state index is 0.305. The number of nitrogens with two attached hydrogens (primary N) is 1. The summed E-state index contributed by atoms with van der Waals surface area (Å²) >= 11 is 0. The fourth-order valence-corrected chi connectivity index (χ4v) is 1.50. The first-order valence-electron chi connectivity index (χ1n) is 6.71. The topological polar surface area (TPSA) is 64.3 Å². The predicted octanol–water partition coefficient (Wildman–Crippen LogP) is 2.98. The Morgan fingerprint density at radius 2 is 2.10 bits per heavy atom. The van der Waals surface area contributed by atoms with Crippen LogP contribution >= 0.6 is 0 Å². The molecule has 0 saturated heterocycles. The van der Waals surface area contributed by atoms with Crippen molar-refractivity contribution in [1.82, 2.24) is 5.32 Å². The van der Waals surface area contributed by atoms with Gasteiger partial charge in [0, 0.05) is 24.2 Å². The smallest absolute Gasteiger partial charge is 0.407 e. The highest BCUT2D eigenvalue weighted by atomic mass is 19.1. The van der Waals surface area contributed by atoms with Crippen LogP contribution in [0.1, 0.15) is 38.3 Å². The molecule has 1 aromatic carbocycles. The van der Waals surface area contributed by atoms with Crippen LogP contribution in [0.5, 0.6) is 0 Å². The van der Waals surface area contributed by atoms with Crippen molar-refractivity contribution in [3.8, 4) is 11.8 Å². The van der Waals surface area contributed by atoms with Gasteiger partial charge in [0.15, 0.2) is 0 Å². The summed E-state index contributed by atoms with van der Waals surface area (Å²) in [6.45, 7) is 7.33. The van der Waals surface area contributed by atoms with Crippen LogP contribution in [0.15, 0.2) is 12.1 Å². The first-order chi connectivity index (χ1) is 9.70. The standard InChI is InChI=1S/C16H21FN2O2/c1-11-13(18)9-8-12(14(11)17)7-5-6-10-19-15(20)21-16(2,3)4/h8-9H,6,10,18H2,1-4H3,(H,19,20). The third kappa shape index (κ3) is 5.74. The van der Waals surface area contributed by atoms with Gasteiger partial charge in [0.25, 0.3) is 0 Å². The molecule has 0 aliphatic carbocycles. The molecular formula is C16H21FN2O2. The number of anilines is 1. The lowest BCUT2D eigenvalue weighted by atomic mass is 10.1. The van der Waals surface area contributed by atoms with Crippen molar-refractivity contribution in [3.05, 3.63) is 29.1 Å². The van der Waals surface area contributed by atoms with Crippen LogP contribution in [-0.2, 0) is 4.74 Å². The van der Waals surface area contributed by atoms with E-state index in [1.807, 2.05) is 0 Å². The van der Waals surface area contributed by atoms with Gasteiger partial charge >= 0.3 is 6.09 Å². The van der Waals surface area contributed by atoms with Crippen molar-refractivity contribution in [2.45, 2.75) is 39.7 Å². The van der Waals surface area contributed by atoms with Crippen LogP contribution in [0.2, 0.25) is 0 Å². The summed E-state index contributed by atoms with van der Waals surface area (Å²) in [5, 5.41) is 2.58. The normalized spacial score (nSPS) is 10.5. The van der Waals surface area contributed by atoms with E-state index in [1.165, 1.54) is 0 Å². The monoisotopic (exact) mass is 292 g/mol. The number of halogens is 1. The summed E-state index contributed by atoms with van der Waals surface area (Å²) in [6, 6.07) is 3.17. The number of ether oxygens (including phenoxy) is 1. The maximum absolute atomic E-state index is 13.8. The quantitative estimate of drug-likeness (QED) is 0.500. The average Bonchev–Trinajstić information content (AvgIpc) is 2.36. The number of hydrogen-bond donors (Lipinski definition) is 2. The van der Waals surface area contributed by atoms with Crippen molar-refractivity contribution in [3.63, 3.8) is 0 Å². The molecule has 21 heavy (non-hydrogen) atoms. The zero-order chi connectivity index (χ0) is 16.0. The van der Waals surface area contributed by atoms with Crippen molar-refractivity contribution < 1.29 is 13.9 Å². The lowest BCUT2D eigenvalue weighted by Gasteiger charge is -2.19. The summed E-state index contributed by atoms with van der Waals surface area (Å²) in [7, 11) is 0. The molecule has 0 spiro atoms. The molecule has 0 bridgehead atoms. The Kier molecular flexibility index (Phi) is 5.60. The highest BCUT2D eigenvalue weighted by Crippen LogP contribution is 2.17. The molecule has 0 atom stereocenters. The molecule has 1 rings (SSSR count). The van der Waals surface area contributed by atoms with Crippen molar-refractivity contribution >= 4 is 11.8 Å². The van der Waals surface area contributed by atoms with Gasteiger partial charge < -0.3 is 15.8 Å². The molecule has 3 N–H and O–H groups in total. The summed E-state index contributed by atoms with van der Waals surface area (Å²) < 4.78 is 18.9. The third-order valence-corrected chi connectivity index (χ3v) is 2.57. The highest BCUT2D eigenvalue weighted by molar-refractivity contribution is 5.67. The molecule has 0 heterocycles. The summed E-state index contributed by atoms with van der Waals surface area (Å²) in [6.07, 6.45) is -0.0823. The van der Waals surface area contributed by atoms with E-state index in [-0.39, 0.29) is 0 Å². The molecule has 0 aliphatic heterocycles. The van der Waals surface area contributed by atoms with Crippen LogP contribution in [0, 0.1) is 24.6 Å². The van der Waals surface area contributed by atoms with E-state index in [9.17, 15) is 9.18 Å². The van der Waals surface area contributed by atoms with Crippen LogP contribution in [-0.4, -0.2) is 18.2 Å². The average molecular weight is 292 g/mol. The molecule has 4 nitrogen and oxygen atoms in total. The van der Waals surface area contributed by atoms with E-state index in [0.29, 0.717) is 29.8 Å². The van der Waals surface area contributed by atoms with E-state index in [4.69, 9.17) is 10.5 Å². The Hall–Kier alpha value is -2.22. The Labute approximate surface area is 124 Å². The largest absolute Gasteiger partial charge is 0.444 e. The predicted molar refractivity (Wildman–Crippen MR) is 81.3 cm³/mol. The Morgan fingerprint density at radius 1 is 1.43 bits per heavy atom. The van der Waals surface area contributed by atoms with E-state index < -0.39 is 17.5 Å². The van der Waals surface area contributed by atoms with Gasteiger partial charge in [-0.3, -0.25) is 0 Å². The van der Waals surface area contributed by atoms with Gasteiger partial charge in [-0.15, -0.1) is 0 Å². The van der Waals surface area contributed by atoms with Crippen molar-refractivity contribution in [1.29, 1.82) is 0 Å². The summed E-state index contributed by atoms with van der Waals surface area (Å²) in [4.78, 5) is 11.4. The zero-order valence-electron chi connectivity index (χ0n) is 12.8. The SMILES string of the molecule is Cc1c(N)ccc(C#CCCNC(=O)OC(C)(C)C)c1F. The fourth-order valence-electron chi connectivity index (χ4n) is 1.50. The minimum atomic E-state index is -0.527. The number of benzene rings is 1. The van der Waals surface area contributed by atoms with Gasteiger partial charge in [0.05, 0.1) is 5.56 Å². The highest BCUT2D eigenvalue weighted by Gasteiger charge is 2.15. The van der Waals surface area contributed by atoms with Crippen LogP contribution in [0.3, 0.4) is 0 Å². The zero-order valence-corrected chi connectivity index (χ0v) is 12.8. The molecule has 0 unspecified atom stereocenters. The number of nitrogen functional groups attached to an aromatic ring is 1. The lowest BCUT2D eigenvalue weighted by Crippen LogP contribution is -2.32. The second kappa shape index (κ2) is 6.98. The molecule has 0 radical (unpaired) electrons. The maximum Gasteiger partial charge on any atom is 0.407 e. The number of hydrogen-bond acceptors (Lipinski definition) is 3. The van der Waals surface area contributed by atoms with Crippen molar-refractivity contribution in [2.24, 2.45) is 0 Å². The number of alkyl carbamates (subject to hydrolysis) is 1. The Balaban J connectivity index is 2.48. The molecule has 0 fully saturated rings. The van der Waals surface area contributed by atoms with Gasteiger partial charge in [-0.1, -0.05) is 11.8 Å². The van der Waals surface area contributed by atoms with Crippen molar-refractivity contribution in [2.75, 3.05) is 12.3 Å². The second-order valence-corrected chi connectivity index (χ2v) is 5.62. The van der Waals surface area contributed by atoms with E-state index in [0.717, 1.165) is 0 Å². The first kappa shape index (κ1) is 16.8. The number of amides is 1. The lowest BCUT2D eigenvalue weighted by molar-refractivity contribution is 0.0529. The molecular weight excluding hydrogens is 271 g/mol. The fraction of sp³-hybridized carbons (Fsp3) is 0.438. The Morgan fingerprint density at radius 3 is 2.71 bits per heavy atom. The van der Waals surface area contributed by atoms with E-state index in [2.05, 4.69) is 17.2 Å². The summed E-state index contributed by atoms with van der Waals surface area (Å²) in [5.74, 6) is 5.14. The third-order valence-electron chi connectivity index (χ3n) is 2.57. The number of carbonyl (C=O) groups is 1. The first-order valence-corrected chi connectivity index (χ1v) is 6.71. The number of carbonyl (C=O) groups excluding carboxylic acids is 1. The van der Waals surface area contributed by atoms with E-state index in [1.54, 1.807) is 39.8 Å². The molecule has 1 amide bonds. The molecule has 1 aromatic rings. The van der Waals surface area contributed by atoms with Gasteiger partial charge in [0.2, 0.25) is 0 Å². The van der Waals surface area contributed by atoms with Gasteiger partial charge in [-0.05, 0) is 39.8 Å². The second-order valence-electron chi connectivity index (χ2n) is 5.62. The molecule has 0 saturated carbocycles. The minimum Gasteiger partial charge on any atom is -0.444 e. The van der Waals surface area contributed by atoms with Gasteiger partial charge in [-0.2, -0.15) is 0 Å².